The fourth-order valence-corrected chi connectivity index (χ4v) is 3.87. The number of amides is 2. The molecule has 2 rings (SSSR count). The highest BCUT2D eigenvalue weighted by atomic mass is 16.2. The van der Waals surface area contributed by atoms with Crippen molar-refractivity contribution in [3.05, 3.63) is 42.0 Å². The van der Waals surface area contributed by atoms with Crippen LogP contribution in [0.15, 0.2) is 30.8 Å². The number of benzene rings is 1. The molecular weight excluding hydrogens is 348 g/mol. The Morgan fingerprint density at radius 3 is 2.39 bits per heavy atom. The van der Waals surface area contributed by atoms with Crippen LogP contribution in [0.25, 0.3) is 5.57 Å². The van der Waals surface area contributed by atoms with Crippen LogP contribution in [0, 0.1) is 0 Å². The zero-order valence-electron chi connectivity index (χ0n) is 18.7. The molecule has 0 aromatic heterocycles. The third-order valence-electron chi connectivity index (χ3n) is 5.69. The summed E-state index contributed by atoms with van der Waals surface area (Å²) in [6.45, 7) is 18.2. The molecule has 1 aliphatic heterocycles. The molecule has 2 amide bonds. The zero-order chi connectivity index (χ0) is 21.1. The lowest BCUT2D eigenvalue weighted by Crippen LogP contribution is -2.61. The van der Waals surface area contributed by atoms with Gasteiger partial charge in [0.05, 0.1) is 5.54 Å². The van der Waals surface area contributed by atoms with Crippen molar-refractivity contribution in [3.63, 3.8) is 0 Å². The van der Waals surface area contributed by atoms with Crippen molar-refractivity contribution < 1.29 is 4.79 Å². The fourth-order valence-electron chi connectivity index (χ4n) is 3.87. The molecule has 1 N–H and O–H groups in total. The van der Waals surface area contributed by atoms with Gasteiger partial charge in [-0.05, 0) is 65.9 Å². The third kappa shape index (κ3) is 5.58. The number of likely N-dealkylation sites (N-methyl/N-ethyl adjacent to an activating group) is 1. The lowest BCUT2D eigenvalue weighted by Gasteiger charge is -2.45. The van der Waals surface area contributed by atoms with Crippen molar-refractivity contribution >= 4 is 11.6 Å². The second-order valence-corrected chi connectivity index (χ2v) is 9.06. The number of rotatable bonds is 6. The molecule has 0 radical (unpaired) electrons. The molecule has 5 heteroatoms. The lowest BCUT2D eigenvalue weighted by atomic mass is 9.91. The number of carbonyl (C=O) groups is 1. The summed E-state index contributed by atoms with van der Waals surface area (Å²) >= 11 is 0. The molecule has 1 aromatic carbocycles. The second-order valence-electron chi connectivity index (χ2n) is 9.06. The van der Waals surface area contributed by atoms with Gasteiger partial charge in [-0.25, -0.2) is 4.79 Å². The van der Waals surface area contributed by atoms with Gasteiger partial charge in [0.2, 0.25) is 0 Å². The minimum atomic E-state index is -0.447. The minimum absolute atomic E-state index is 0.0108. The summed E-state index contributed by atoms with van der Waals surface area (Å²) in [7, 11) is 4.20. The monoisotopic (exact) mass is 386 g/mol. The SMILES string of the molecule is C=C(C)c1cccc(C(C)(C)NC(=O)N2CC(C)N(CCN(C)C)C(C)C2)c1. The Balaban J connectivity index is 2.04. The molecule has 28 heavy (non-hydrogen) atoms. The summed E-state index contributed by atoms with van der Waals surface area (Å²) in [6.07, 6.45) is 0. The van der Waals surface area contributed by atoms with Gasteiger partial charge in [-0.2, -0.15) is 0 Å². The number of hydrogen-bond acceptors (Lipinski definition) is 3. The van der Waals surface area contributed by atoms with E-state index in [0.717, 1.165) is 42.9 Å². The average Bonchev–Trinajstić information content (AvgIpc) is 2.60. The summed E-state index contributed by atoms with van der Waals surface area (Å²) in [4.78, 5) is 19.7. The molecule has 0 spiro atoms. The number of urea groups is 1. The van der Waals surface area contributed by atoms with Gasteiger partial charge in [0.1, 0.15) is 0 Å². The van der Waals surface area contributed by atoms with Gasteiger partial charge >= 0.3 is 6.03 Å². The molecule has 2 atom stereocenters. The van der Waals surface area contributed by atoms with E-state index in [2.05, 4.69) is 81.7 Å². The first-order chi connectivity index (χ1) is 13.0. The number of nitrogens with zero attached hydrogens (tertiary/aromatic N) is 3. The van der Waals surface area contributed by atoms with Gasteiger partial charge in [0.15, 0.2) is 0 Å². The Labute approximate surface area is 171 Å². The maximum Gasteiger partial charge on any atom is 0.318 e. The van der Waals surface area contributed by atoms with Crippen molar-refractivity contribution in [3.8, 4) is 0 Å². The van der Waals surface area contributed by atoms with Crippen molar-refractivity contribution in [2.75, 3.05) is 40.3 Å². The van der Waals surface area contributed by atoms with Crippen LogP contribution in [0.2, 0.25) is 0 Å². The first kappa shape index (κ1) is 22.4. The molecule has 0 saturated carbocycles. The van der Waals surface area contributed by atoms with E-state index in [1.54, 1.807) is 0 Å². The molecule has 1 aromatic rings. The largest absolute Gasteiger partial charge is 0.329 e. The quantitative estimate of drug-likeness (QED) is 0.812. The van der Waals surface area contributed by atoms with Gasteiger partial charge < -0.3 is 15.1 Å². The van der Waals surface area contributed by atoms with Crippen molar-refractivity contribution in [1.82, 2.24) is 20.0 Å². The van der Waals surface area contributed by atoms with Crippen LogP contribution >= 0.6 is 0 Å². The second kappa shape index (κ2) is 9.10. The topological polar surface area (TPSA) is 38.8 Å². The van der Waals surface area contributed by atoms with E-state index in [0.29, 0.717) is 12.1 Å². The van der Waals surface area contributed by atoms with Crippen molar-refractivity contribution in [2.24, 2.45) is 0 Å². The highest BCUT2D eigenvalue weighted by molar-refractivity contribution is 5.75. The van der Waals surface area contributed by atoms with Crippen molar-refractivity contribution in [1.29, 1.82) is 0 Å². The van der Waals surface area contributed by atoms with Crippen LogP contribution in [0.4, 0.5) is 4.79 Å². The molecule has 1 heterocycles. The first-order valence-electron chi connectivity index (χ1n) is 10.2. The molecule has 0 aliphatic carbocycles. The summed E-state index contributed by atoms with van der Waals surface area (Å²) in [6, 6.07) is 8.98. The molecule has 1 fully saturated rings. The van der Waals surface area contributed by atoms with E-state index in [9.17, 15) is 4.79 Å². The molecular formula is C23H38N4O. The molecule has 156 valence electrons. The summed E-state index contributed by atoms with van der Waals surface area (Å²) in [5.41, 5.74) is 2.78. The average molecular weight is 387 g/mol. The Morgan fingerprint density at radius 1 is 1.25 bits per heavy atom. The van der Waals surface area contributed by atoms with Crippen LogP contribution in [0.5, 0.6) is 0 Å². The summed E-state index contributed by atoms with van der Waals surface area (Å²) in [5, 5.41) is 3.25. The smallest absolute Gasteiger partial charge is 0.318 e. The Hall–Kier alpha value is -1.85. The van der Waals surface area contributed by atoms with Crippen LogP contribution in [-0.4, -0.2) is 73.1 Å². The third-order valence-corrected chi connectivity index (χ3v) is 5.69. The van der Waals surface area contributed by atoms with Gasteiger partial charge in [-0.1, -0.05) is 30.4 Å². The Bertz CT molecular complexity index is 686. The van der Waals surface area contributed by atoms with Gasteiger partial charge in [0.25, 0.3) is 0 Å². The van der Waals surface area contributed by atoms with Gasteiger partial charge in [0, 0.05) is 38.3 Å². The molecule has 1 aliphatic rings. The number of nitrogens with one attached hydrogen (secondary N) is 1. The van der Waals surface area contributed by atoms with E-state index in [1.807, 2.05) is 17.9 Å². The van der Waals surface area contributed by atoms with Crippen molar-refractivity contribution in [2.45, 2.75) is 52.2 Å². The van der Waals surface area contributed by atoms with E-state index in [1.165, 1.54) is 0 Å². The first-order valence-corrected chi connectivity index (χ1v) is 10.2. The summed E-state index contributed by atoms with van der Waals surface area (Å²) < 4.78 is 0. The normalized spacial score (nSPS) is 21.1. The van der Waals surface area contributed by atoms with E-state index in [4.69, 9.17) is 0 Å². The Kier molecular flexibility index (Phi) is 7.29. The minimum Gasteiger partial charge on any atom is -0.329 e. The standard InChI is InChI=1S/C23H38N4O/c1-17(2)20-10-9-11-21(14-20)23(5,6)24-22(28)26-15-18(3)27(19(4)16-26)13-12-25(7)8/h9-11,14,18-19H,1,12-13,15-16H2,2-8H3,(H,24,28). The van der Waals surface area contributed by atoms with Gasteiger partial charge in [-0.3, -0.25) is 4.90 Å². The van der Waals surface area contributed by atoms with E-state index >= 15 is 0 Å². The highest BCUT2D eigenvalue weighted by Crippen LogP contribution is 2.24. The molecule has 0 bridgehead atoms. The number of hydrogen-bond donors (Lipinski definition) is 1. The van der Waals surface area contributed by atoms with E-state index in [-0.39, 0.29) is 6.03 Å². The maximum atomic E-state index is 13.0. The molecule has 1 saturated heterocycles. The van der Waals surface area contributed by atoms with Crippen LogP contribution < -0.4 is 5.32 Å². The van der Waals surface area contributed by atoms with Crippen LogP contribution in [0.3, 0.4) is 0 Å². The van der Waals surface area contributed by atoms with Crippen LogP contribution in [0.1, 0.15) is 45.7 Å². The van der Waals surface area contributed by atoms with E-state index < -0.39 is 5.54 Å². The predicted octanol–water partition coefficient (Wildman–Crippen LogP) is 3.62. The highest BCUT2D eigenvalue weighted by Gasteiger charge is 2.33. The number of piperazine rings is 1. The van der Waals surface area contributed by atoms with Crippen LogP contribution in [-0.2, 0) is 5.54 Å². The van der Waals surface area contributed by atoms with Gasteiger partial charge in [-0.15, -0.1) is 0 Å². The number of allylic oxidation sites excluding steroid dienone is 1. The zero-order valence-corrected chi connectivity index (χ0v) is 18.7. The number of carbonyl (C=O) groups excluding carboxylic acids is 1. The fraction of sp³-hybridized carbons (Fsp3) is 0.609. The summed E-state index contributed by atoms with van der Waals surface area (Å²) in [5.74, 6) is 0. The predicted molar refractivity (Wildman–Crippen MR) is 118 cm³/mol. The lowest BCUT2D eigenvalue weighted by molar-refractivity contribution is 0.0489. The molecule has 5 nitrogen and oxygen atoms in total. The Morgan fingerprint density at radius 2 is 1.86 bits per heavy atom. The maximum absolute atomic E-state index is 13.0. The molecule has 2 unspecified atom stereocenters.